The molecule has 6 heteroatoms. The third-order valence-electron chi connectivity index (χ3n) is 4.34. The van der Waals surface area contributed by atoms with Crippen molar-refractivity contribution in [2.24, 2.45) is 0 Å². The Hall–Kier alpha value is -2.18. The minimum Gasteiger partial charge on any atom is -0.335 e. The van der Waals surface area contributed by atoms with Crippen LogP contribution in [0.4, 0.5) is 0 Å². The molecule has 2 aromatic rings. The van der Waals surface area contributed by atoms with E-state index in [2.05, 4.69) is 0 Å². The van der Waals surface area contributed by atoms with Crippen molar-refractivity contribution in [1.82, 2.24) is 9.21 Å². The van der Waals surface area contributed by atoms with E-state index in [1.54, 1.807) is 24.1 Å². The third-order valence-corrected chi connectivity index (χ3v) is 6.17. The number of amides is 1. The van der Waals surface area contributed by atoms with Gasteiger partial charge in [0.05, 0.1) is 10.9 Å². The van der Waals surface area contributed by atoms with E-state index < -0.39 is 10.0 Å². The summed E-state index contributed by atoms with van der Waals surface area (Å²) in [6.45, 7) is 3.99. The first-order chi connectivity index (χ1) is 11.6. The van der Waals surface area contributed by atoms with Gasteiger partial charge in [0, 0.05) is 26.7 Å². The molecule has 0 aliphatic rings. The van der Waals surface area contributed by atoms with Crippen molar-refractivity contribution >= 4 is 15.9 Å². The quantitative estimate of drug-likeness (QED) is 0.823. The van der Waals surface area contributed by atoms with Crippen LogP contribution < -0.4 is 0 Å². The number of rotatable bonds is 5. The summed E-state index contributed by atoms with van der Waals surface area (Å²) in [6, 6.07) is 14.0. The zero-order chi connectivity index (χ0) is 18.8. The van der Waals surface area contributed by atoms with E-state index in [0.29, 0.717) is 5.56 Å². The number of carbonyl (C=O) groups is 1. The van der Waals surface area contributed by atoms with Gasteiger partial charge >= 0.3 is 0 Å². The fourth-order valence-corrected chi connectivity index (χ4v) is 3.33. The van der Waals surface area contributed by atoms with Gasteiger partial charge in [-0.05, 0) is 43.7 Å². The predicted molar refractivity (Wildman–Crippen MR) is 99.0 cm³/mol. The van der Waals surface area contributed by atoms with Crippen molar-refractivity contribution in [3.63, 3.8) is 0 Å². The van der Waals surface area contributed by atoms with E-state index in [-0.39, 0.29) is 16.8 Å². The lowest BCUT2D eigenvalue weighted by molar-refractivity contribution is 0.0742. The van der Waals surface area contributed by atoms with Gasteiger partial charge in [-0.3, -0.25) is 4.79 Å². The van der Waals surface area contributed by atoms with Crippen molar-refractivity contribution < 1.29 is 13.2 Å². The summed E-state index contributed by atoms with van der Waals surface area (Å²) in [6.07, 6.45) is 0. The minimum absolute atomic E-state index is 0.0849. The molecule has 0 heterocycles. The molecule has 0 N–H and O–H groups in total. The summed E-state index contributed by atoms with van der Waals surface area (Å²) in [5.41, 5.74) is 2.68. The molecule has 0 radical (unpaired) electrons. The zero-order valence-corrected chi connectivity index (χ0v) is 16.0. The molecular weight excluding hydrogens is 336 g/mol. The molecule has 0 fully saturated rings. The molecule has 2 rings (SSSR count). The summed E-state index contributed by atoms with van der Waals surface area (Å²) >= 11 is 0. The highest BCUT2D eigenvalue weighted by molar-refractivity contribution is 7.89. The SMILES string of the molecule is Cc1ccc(C(C)N(C)C(=O)c2ccc(S(=O)(=O)N(C)C)cc2)cc1. The lowest BCUT2D eigenvalue weighted by Gasteiger charge is -2.25. The van der Waals surface area contributed by atoms with Gasteiger partial charge in [0.15, 0.2) is 0 Å². The first-order valence-electron chi connectivity index (χ1n) is 8.01. The Kier molecular flexibility index (Phi) is 5.65. The largest absolute Gasteiger partial charge is 0.335 e. The van der Waals surface area contributed by atoms with Crippen LogP contribution in [-0.4, -0.2) is 44.7 Å². The minimum atomic E-state index is -3.49. The van der Waals surface area contributed by atoms with Gasteiger partial charge in [-0.2, -0.15) is 0 Å². The maximum absolute atomic E-state index is 12.7. The molecule has 0 bridgehead atoms. The highest BCUT2D eigenvalue weighted by Crippen LogP contribution is 2.22. The van der Waals surface area contributed by atoms with Crippen LogP contribution in [0.5, 0.6) is 0 Å². The Bertz CT molecular complexity index is 841. The van der Waals surface area contributed by atoms with Crippen LogP contribution in [0, 0.1) is 6.92 Å². The standard InChI is InChI=1S/C19H24N2O3S/c1-14-6-8-16(9-7-14)15(2)21(5)19(22)17-10-12-18(13-11-17)25(23,24)20(3)4/h6-13,15H,1-5H3. The van der Waals surface area contributed by atoms with Crippen molar-refractivity contribution in [2.75, 3.05) is 21.1 Å². The van der Waals surface area contributed by atoms with Crippen LogP contribution in [0.25, 0.3) is 0 Å². The second kappa shape index (κ2) is 7.37. The Morgan fingerprint density at radius 1 is 0.920 bits per heavy atom. The molecule has 0 aliphatic heterocycles. The lowest BCUT2D eigenvalue weighted by Crippen LogP contribution is -2.29. The number of nitrogens with zero attached hydrogens (tertiary/aromatic N) is 2. The number of hydrogen-bond donors (Lipinski definition) is 0. The molecule has 5 nitrogen and oxygen atoms in total. The van der Waals surface area contributed by atoms with E-state index >= 15 is 0 Å². The zero-order valence-electron chi connectivity index (χ0n) is 15.2. The number of benzene rings is 2. The molecule has 25 heavy (non-hydrogen) atoms. The molecular formula is C19H24N2O3S. The van der Waals surface area contributed by atoms with Crippen LogP contribution in [0.3, 0.4) is 0 Å². The molecule has 1 amide bonds. The van der Waals surface area contributed by atoms with Crippen molar-refractivity contribution in [3.05, 3.63) is 65.2 Å². The molecule has 1 unspecified atom stereocenters. The topological polar surface area (TPSA) is 57.7 Å². The molecule has 0 saturated carbocycles. The Morgan fingerprint density at radius 3 is 1.92 bits per heavy atom. The fraction of sp³-hybridized carbons (Fsp3) is 0.316. The summed E-state index contributed by atoms with van der Waals surface area (Å²) in [5, 5.41) is 0. The predicted octanol–water partition coefficient (Wildman–Crippen LogP) is 3.08. The van der Waals surface area contributed by atoms with Gasteiger partial charge in [0.1, 0.15) is 0 Å². The normalized spacial score (nSPS) is 12.9. The second-order valence-corrected chi connectivity index (χ2v) is 8.47. The second-order valence-electron chi connectivity index (χ2n) is 6.31. The van der Waals surface area contributed by atoms with Gasteiger partial charge in [-0.1, -0.05) is 29.8 Å². The van der Waals surface area contributed by atoms with Gasteiger partial charge in [0.2, 0.25) is 10.0 Å². The lowest BCUT2D eigenvalue weighted by atomic mass is 10.0. The van der Waals surface area contributed by atoms with Gasteiger partial charge in [-0.25, -0.2) is 12.7 Å². The van der Waals surface area contributed by atoms with Crippen molar-refractivity contribution in [1.29, 1.82) is 0 Å². The Labute approximate surface area is 149 Å². The summed E-state index contributed by atoms with van der Waals surface area (Å²) in [7, 11) is 1.21. The fourth-order valence-electron chi connectivity index (χ4n) is 2.43. The smallest absolute Gasteiger partial charge is 0.254 e. The molecule has 134 valence electrons. The van der Waals surface area contributed by atoms with Crippen LogP contribution in [0.15, 0.2) is 53.4 Å². The summed E-state index contributed by atoms with van der Waals surface area (Å²) < 4.78 is 25.3. The molecule has 0 aromatic heterocycles. The van der Waals surface area contributed by atoms with E-state index in [4.69, 9.17) is 0 Å². The van der Waals surface area contributed by atoms with E-state index in [9.17, 15) is 13.2 Å². The summed E-state index contributed by atoms with van der Waals surface area (Å²) in [5.74, 6) is -0.151. The third kappa shape index (κ3) is 4.08. The van der Waals surface area contributed by atoms with Gasteiger partial charge in [0.25, 0.3) is 5.91 Å². The maximum Gasteiger partial charge on any atom is 0.254 e. The van der Waals surface area contributed by atoms with Gasteiger partial charge < -0.3 is 4.90 Å². The van der Waals surface area contributed by atoms with E-state index in [1.807, 2.05) is 38.1 Å². The van der Waals surface area contributed by atoms with Crippen molar-refractivity contribution in [2.45, 2.75) is 24.8 Å². The molecule has 1 atom stereocenters. The van der Waals surface area contributed by atoms with Crippen LogP contribution in [0.1, 0.15) is 34.5 Å². The monoisotopic (exact) mass is 360 g/mol. The number of carbonyl (C=O) groups excluding carboxylic acids is 1. The van der Waals surface area contributed by atoms with Crippen molar-refractivity contribution in [3.8, 4) is 0 Å². The maximum atomic E-state index is 12.7. The van der Waals surface area contributed by atoms with E-state index in [0.717, 1.165) is 9.87 Å². The molecule has 2 aromatic carbocycles. The highest BCUT2D eigenvalue weighted by atomic mass is 32.2. The molecule has 0 aliphatic carbocycles. The average molecular weight is 360 g/mol. The first-order valence-corrected chi connectivity index (χ1v) is 9.45. The molecule has 0 saturated heterocycles. The Morgan fingerprint density at radius 2 is 1.44 bits per heavy atom. The van der Waals surface area contributed by atoms with E-state index in [1.165, 1.54) is 31.8 Å². The van der Waals surface area contributed by atoms with Crippen LogP contribution >= 0.6 is 0 Å². The number of aryl methyl sites for hydroxylation is 1. The average Bonchev–Trinajstić information content (AvgIpc) is 2.60. The van der Waals surface area contributed by atoms with Crippen LogP contribution in [-0.2, 0) is 10.0 Å². The number of hydrogen-bond acceptors (Lipinski definition) is 3. The van der Waals surface area contributed by atoms with Gasteiger partial charge in [-0.15, -0.1) is 0 Å². The van der Waals surface area contributed by atoms with Crippen LogP contribution in [0.2, 0.25) is 0 Å². The first kappa shape index (κ1) is 19.1. The molecule has 0 spiro atoms. The number of sulfonamides is 1. The highest BCUT2D eigenvalue weighted by Gasteiger charge is 2.21. The Balaban J connectivity index is 2.21. The summed E-state index contributed by atoms with van der Waals surface area (Å²) in [4.78, 5) is 14.5.